The van der Waals surface area contributed by atoms with E-state index in [4.69, 9.17) is 0 Å². The summed E-state index contributed by atoms with van der Waals surface area (Å²) in [6, 6.07) is 8.38. The van der Waals surface area contributed by atoms with Crippen molar-refractivity contribution in [3.63, 3.8) is 0 Å². The van der Waals surface area contributed by atoms with Crippen LogP contribution in [0, 0.1) is 17.5 Å². The van der Waals surface area contributed by atoms with Gasteiger partial charge in [0, 0.05) is 5.69 Å². The Bertz CT molecular complexity index is 574. The summed E-state index contributed by atoms with van der Waals surface area (Å²) in [5, 5.41) is 12.2. The Labute approximate surface area is 108 Å². The monoisotopic (exact) mass is 267 g/mol. The molecule has 5 heteroatoms. The number of anilines is 1. The molecule has 0 aliphatic rings. The first-order chi connectivity index (χ1) is 9.10. The van der Waals surface area contributed by atoms with Gasteiger partial charge in [-0.1, -0.05) is 12.1 Å². The summed E-state index contributed by atoms with van der Waals surface area (Å²) < 4.78 is 39.0. The standard InChI is InChI=1S/C14H12F3NO/c15-10-2-1-3-11(7-10)18-14(8-19)9-4-5-12(16)13(17)6-9/h1-7,14,18-19H,8H2. The predicted octanol–water partition coefficient (Wildman–Crippen LogP) is 3.25. The zero-order valence-electron chi connectivity index (χ0n) is 9.91. The first-order valence-electron chi connectivity index (χ1n) is 5.68. The van der Waals surface area contributed by atoms with Crippen molar-refractivity contribution in [3.8, 4) is 0 Å². The van der Waals surface area contributed by atoms with E-state index in [-0.39, 0.29) is 6.61 Å². The van der Waals surface area contributed by atoms with E-state index in [2.05, 4.69) is 5.32 Å². The molecule has 0 saturated heterocycles. The molecule has 2 aromatic rings. The maximum atomic E-state index is 13.1. The highest BCUT2D eigenvalue weighted by Crippen LogP contribution is 2.21. The minimum atomic E-state index is -0.989. The van der Waals surface area contributed by atoms with Crippen LogP contribution in [0.4, 0.5) is 18.9 Å². The van der Waals surface area contributed by atoms with E-state index in [1.54, 1.807) is 6.07 Å². The summed E-state index contributed by atoms with van der Waals surface area (Å²) in [6.07, 6.45) is 0. The van der Waals surface area contributed by atoms with Crippen LogP contribution in [0.2, 0.25) is 0 Å². The lowest BCUT2D eigenvalue weighted by Crippen LogP contribution is -2.15. The molecule has 0 radical (unpaired) electrons. The second-order valence-corrected chi connectivity index (χ2v) is 4.06. The molecule has 0 bridgehead atoms. The van der Waals surface area contributed by atoms with Crippen molar-refractivity contribution in [1.82, 2.24) is 0 Å². The molecule has 2 aromatic carbocycles. The van der Waals surface area contributed by atoms with Crippen LogP contribution in [-0.2, 0) is 0 Å². The van der Waals surface area contributed by atoms with E-state index in [1.807, 2.05) is 0 Å². The van der Waals surface area contributed by atoms with Gasteiger partial charge in [-0.25, -0.2) is 13.2 Å². The zero-order chi connectivity index (χ0) is 13.8. The molecule has 2 nitrogen and oxygen atoms in total. The van der Waals surface area contributed by atoms with E-state index in [9.17, 15) is 18.3 Å². The molecule has 1 unspecified atom stereocenters. The number of hydrogen-bond acceptors (Lipinski definition) is 2. The Kier molecular flexibility index (Phi) is 4.06. The number of nitrogens with one attached hydrogen (secondary N) is 1. The van der Waals surface area contributed by atoms with Crippen LogP contribution in [0.5, 0.6) is 0 Å². The molecule has 0 fully saturated rings. The van der Waals surface area contributed by atoms with Crippen LogP contribution >= 0.6 is 0 Å². The van der Waals surface area contributed by atoms with Gasteiger partial charge in [0.15, 0.2) is 11.6 Å². The average molecular weight is 267 g/mol. The number of aliphatic hydroxyl groups excluding tert-OH is 1. The van der Waals surface area contributed by atoms with Gasteiger partial charge in [0.1, 0.15) is 5.82 Å². The van der Waals surface area contributed by atoms with Crippen LogP contribution in [-0.4, -0.2) is 11.7 Å². The predicted molar refractivity (Wildman–Crippen MR) is 66.2 cm³/mol. The van der Waals surface area contributed by atoms with E-state index in [0.717, 1.165) is 12.1 Å². The SMILES string of the molecule is OCC(Nc1cccc(F)c1)c1ccc(F)c(F)c1. The lowest BCUT2D eigenvalue weighted by atomic mass is 10.1. The molecule has 100 valence electrons. The number of aliphatic hydroxyl groups is 1. The van der Waals surface area contributed by atoms with Gasteiger partial charge >= 0.3 is 0 Å². The maximum absolute atomic E-state index is 13.1. The molecule has 19 heavy (non-hydrogen) atoms. The third-order valence-corrected chi connectivity index (χ3v) is 2.69. The molecule has 0 saturated carbocycles. The highest BCUT2D eigenvalue weighted by atomic mass is 19.2. The van der Waals surface area contributed by atoms with Crippen molar-refractivity contribution in [2.45, 2.75) is 6.04 Å². The van der Waals surface area contributed by atoms with Crippen LogP contribution in [0.3, 0.4) is 0 Å². The minimum absolute atomic E-state index is 0.332. The van der Waals surface area contributed by atoms with Gasteiger partial charge in [-0.15, -0.1) is 0 Å². The molecule has 0 amide bonds. The number of hydrogen-bond donors (Lipinski definition) is 2. The van der Waals surface area contributed by atoms with Gasteiger partial charge < -0.3 is 10.4 Å². The summed E-state index contributed by atoms with van der Waals surface area (Å²) in [5.41, 5.74) is 0.828. The van der Waals surface area contributed by atoms with Gasteiger partial charge in [0.2, 0.25) is 0 Å². The largest absolute Gasteiger partial charge is 0.394 e. The Hall–Kier alpha value is -2.01. The van der Waals surface area contributed by atoms with E-state index < -0.39 is 23.5 Å². The minimum Gasteiger partial charge on any atom is -0.394 e. The van der Waals surface area contributed by atoms with Gasteiger partial charge in [0.05, 0.1) is 12.6 Å². The maximum Gasteiger partial charge on any atom is 0.159 e. The third kappa shape index (κ3) is 3.26. The highest BCUT2D eigenvalue weighted by Gasteiger charge is 2.13. The molecule has 2 rings (SSSR count). The van der Waals surface area contributed by atoms with E-state index in [1.165, 1.54) is 24.3 Å². The van der Waals surface area contributed by atoms with Crippen molar-refractivity contribution in [1.29, 1.82) is 0 Å². The molecule has 2 N–H and O–H groups in total. The summed E-state index contributed by atoms with van der Waals surface area (Å²) >= 11 is 0. The molecule has 0 aromatic heterocycles. The molecule has 0 aliphatic heterocycles. The summed E-state index contributed by atoms with van der Waals surface area (Å²) in [7, 11) is 0. The van der Waals surface area contributed by atoms with Gasteiger partial charge in [-0.05, 0) is 35.9 Å². The Morgan fingerprint density at radius 1 is 1.00 bits per heavy atom. The quantitative estimate of drug-likeness (QED) is 0.891. The Morgan fingerprint density at radius 2 is 1.79 bits per heavy atom. The smallest absolute Gasteiger partial charge is 0.159 e. The fourth-order valence-corrected chi connectivity index (χ4v) is 1.74. The number of rotatable bonds is 4. The summed E-state index contributed by atoms with van der Waals surface area (Å²) in [6.45, 7) is -0.332. The van der Waals surface area contributed by atoms with Crippen molar-refractivity contribution in [2.24, 2.45) is 0 Å². The molecular weight excluding hydrogens is 255 g/mol. The zero-order valence-corrected chi connectivity index (χ0v) is 9.91. The summed E-state index contributed by atoms with van der Waals surface area (Å²) in [4.78, 5) is 0. The topological polar surface area (TPSA) is 32.3 Å². The Morgan fingerprint density at radius 3 is 2.42 bits per heavy atom. The van der Waals surface area contributed by atoms with Gasteiger partial charge in [0.25, 0.3) is 0 Å². The van der Waals surface area contributed by atoms with Crippen LogP contribution < -0.4 is 5.32 Å². The van der Waals surface area contributed by atoms with Crippen molar-refractivity contribution >= 4 is 5.69 Å². The third-order valence-electron chi connectivity index (χ3n) is 2.69. The first-order valence-corrected chi connectivity index (χ1v) is 5.68. The van der Waals surface area contributed by atoms with Crippen LogP contribution in [0.1, 0.15) is 11.6 Å². The molecular formula is C14H12F3NO. The second-order valence-electron chi connectivity index (χ2n) is 4.06. The summed E-state index contributed by atoms with van der Waals surface area (Å²) in [5.74, 6) is -2.37. The fourth-order valence-electron chi connectivity index (χ4n) is 1.74. The first kappa shape index (κ1) is 13.4. The van der Waals surface area contributed by atoms with Gasteiger partial charge in [-0.3, -0.25) is 0 Å². The van der Waals surface area contributed by atoms with Crippen molar-refractivity contribution < 1.29 is 18.3 Å². The van der Waals surface area contributed by atoms with Crippen molar-refractivity contribution in [3.05, 3.63) is 65.5 Å². The van der Waals surface area contributed by atoms with Crippen LogP contribution in [0.25, 0.3) is 0 Å². The lowest BCUT2D eigenvalue weighted by Gasteiger charge is -2.18. The molecule has 0 aliphatic carbocycles. The molecule has 1 atom stereocenters. The van der Waals surface area contributed by atoms with E-state index >= 15 is 0 Å². The molecule has 0 heterocycles. The normalized spacial score (nSPS) is 12.2. The molecule has 0 spiro atoms. The van der Waals surface area contributed by atoms with Gasteiger partial charge in [-0.2, -0.15) is 0 Å². The fraction of sp³-hybridized carbons (Fsp3) is 0.143. The lowest BCUT2D eigenvalue weighted by molar-refractivity contribution is 0.276. The van der Waals surface area contributed by atoms with Crippen LogP contribution in [0.15, 0.2) is 42.5 Å². The number of benzene rings is 2. The van der Waals surface area contributed by atoms with Crippen molar-refractivity contribution in [2.75, 3.05) is 11.9 Å². The van der Waals surface area contributed by atoms with E-state index in [0.29, 0.717) is 11.3 Å². The highest BCUT2D eigenvalue weighted by molar-refractivity contribution is 5.45. The Balaban J connectivity index is 2.22. The number of halogens is 3. The average Bonchev–Trinajstić information content (AvgIpc) is 2.39. The second kappa shape index (κ2) is 5.75.